The van der Waals surface area contributed by atoms with Gasteiger partial charge in [-0.25, -0.2) is 4.79 Å². The predicted molar refractivity (Wildman–Crippen MR) is 44.8 cm³/mol. The van der Waals surface area contributed by atoms with Crippen molar-refractivity contribution in [2.24, 2.45) is 5.73 Å². The molecule has 0 radical (unpaired) electrons. The molecule has 6 nitrogen and oxygen atoms in total. The van der Waals surface area contributed by atoms with Crippen LogP contribution in [-0.2, 0) is 14.3 Å². The van der Waals surface area contributed by atoms with Gasteiger partial charge in [-0.2, -0.15) is 0 Å². The van der Waals surface area contributed by atoms with Crippen LogP contribution < -0.4 is 11.1 Å². The van der Waals surface area contributed by atoms with E-state index in [0.717, 1.165) is 0 Å². The Morgan fingerprint density at radius 3 is 2.46 bits per heavy atom. The minimum absolute atomic E-state index is 0.446. The summed E-state index contributed by atoms with van der Waals surface area (Å²) in [6.07, 6.45) is -0.882. The van der Waals surface area contributed by atoms with E-state index in [2.05, 4.69) is 10.1 Å². The lowest BCUT2D eigenvalue weighted by Gasteiger charge is -2.15. The van der Waals surface area contributed by atoms with Gasteiger partial charge in [0.2, 0.25) is 12.1 Å². The number of rotatable bonds is 5. The van der Waals surface area contributed by atoms with E-state index in [9.17, 15) is 9.59 Å². The zero-order valence-electron chi connectivity index (χ0n) is 7.61. The zero-order valence-corrected chi connectivity index (χ0v) is 7.61. The number of ether oxygens (including phenoxy) is 1. The number of carbonyl (C=O) groups excluding carboxylic acids is 1. The second kappa shape index (κ2) is 5.50. The molecule has 0 aliphatic rings. The average Bonchev–Trinajstić information content (AvgIpc) is 2.11. The number of carboxylic acids is 1. The number of hydrogen-bond donors (Lipinski definition) is 3. The number of amides is 1. The molecule has 4 N–H and O–H groups in total. The Hall–Kier alpha value is -1.14. The van der Waals surface area contributed by atoms with E-state index < -0.39 is 24.1 Å². The first kappa shape index (κ1) is 11.9. The molecule has 1 amide bonds. The summed E-state index contributed by atoms with van der Waals surface area (Å²) in [6, 6.07) is -0.697. The predicted octanol–water partition coefficient (Wildman–Crippen LogP) is -1.10. The van der Waals surface area contributed by atoms with E-state index >= 15 is 0 Å². The summed E-state index contributed by atoms with van der Waals surface area (Å²) in [4.78, 5) is 21.5. The molecule has 76 valence electrons. The summed E-state index contributed by atoms with van der Waals surface area (Å²) in [5.41, 5.74) is 5.36. The number of nitrogens with one attached hydrogen (secondary N) is 1. The molecule has 0 aliphatic heterocycles. The van der Waals surface area contributed by atoms with Crippen LogP contribution in [-0.4, -0.2) is 36.4 Å². The Morgan fingerprint density at radius 2 is 2.15 bits per heavy atom. The standard InChI is InChI=1S/C7H14N2O4/c1-3-4(8)5(10)9-6(13-2)7(11)12/h4,6H,3,8H2,1-2H3,(H,9,10)(H,11,12). The fourth-order valence-electron chi connectivity index (χ4n) is 0.643. The molecule has 0 rings (SSSR count). The fourth-order valence-corrected chi connectivity index (χ4v) is 0.643. The van der Waals surface area contributed by atoms with Crippen molar-refractivity contribution in [1.82, 2.24) is 5.32 Å². The van der Waals surface area contributed by atoms with Crippen LogP contribution in [0.15, 0.2) is 0 Å². The van der Waals surface area contributed by atoms with Crippen LogP contribution >= 0.6 is 0 Å². The first-order valence-electron chi connectivity index (χ1n) is 3.84. The summed E-state index contributed by atoms with van der Waals surface area (Å²) in [6.45, 7) is 1.73. The summed E-state index contributed by atoms with van der Waals surface area (Å²) >= 11 is 0. The van der Waals surface area contributed by atoms with Crippen molar-refractivity contribution in [3.8, 4) is 0 Å². The van der Waals surface area contributed by atoms with E-state index in [1.54, 1.807) is 6.92 Å². The molecule has 0 aromatic heterocycles. The number of hydrogen-bond acceptors (Lipinski definition) is 4. The maximum atomic E-state index is 11.1. The third kappa shape index (κ3) is 3.86. The number of nitrogens with two attached hydrogens (primary N) is 1. The lowest BCUT2D eigenvalue weighted by molar-refractivity contribution is -0.153. The van der Waals surface area contributed by atoms with Crippen molar-refractivity contribution < 1.29 is 19.4 Å². The highest BCUT2D eigenvalue weighted by atomic mass is 16.5. The fraction of sp³-hybridized carbons (Fsp3) is 0.714. The lowest BCUT2D eigenvalue weighted by Crippen LogP contribution is -2.48. The van der Waals surface area contributed by atoms with Gasteiger partial charge in [0.25, 0.3) is 0 Å². The third-order valence-corrected chi connectivity index (χ3v) is 1.51. The van der Waals surface area contributed by atoms with Crippen molar-refractivity contribution in [3.63, 3.8) is 0 Å². The number of carboxylic acid groups (broad SMARTS) is 1. The van der Waals surface area contributed by atoms with Crippen molar-refractivity contribution in [2.75, 3.05) is 7.11 Å². The highest BCUT2D eigenvalue weighted by Gasteiger charge is 2.21. The molecule has 0 spiro atoms. The number of methoxy groups -OCH3 is 1. The molecule has 0 fully saturated rings. The molecule has 13 heavy (non-hydrogen) atoms. The normalized spacial score (nSPS) is 14.7. The molecule has 0 aromatic rings. The summed E-state index contributed by atoms with van der Waals surface area (Å²) in [5.74, 6) is -1.78. The largest absolute Gasteiger partial charge is 0.478 e. The van der Waals surface area contributed by atoms with Gasteiger partial charge in [-0.1, -0.05) is 6.92 Å². The minimum Gasteiger partial charge on any atom is -0.478 e. The van der Waals surface area contributed by atoms with Crippen LogP contribution in [0.5, 0.6) is 0 Å². The molecule has 0 aliphatic carbocycles. The number of carbonyl (C=O) groups is 2. The van der Waals surface area contributed by atoms with E-state index in [1.165, 1.54) is 7.11 Å². The Kier molecular flexibility index (Phi) is 5.01. The van der Waals surface area contributed by atoms with Crippen molar-refractivity contribution >= 4 is 11.9 Å². The molecular formula is C7H14N2O4. The van der Waals surface area contributed by atoms with Crippen LogP contribution in [0.1, 0.15) is 13.3 Å². The van der Waals surface area contributed by atoms with Gasteiger partial charge in [0, 0.05) is 7.11 Å². The van der Waals surface area contributed by atoms with Gasteiger partial charge in [-0.15, -0.1) is 0 Å². The maximum absolute atomic E-state index is 11.1. The second-order valence-corrected chi connectivity index (χ2v) is 2.48. The molecular weight excluding hydrogens is 176 g/mol. The van der Waals surface area contributed by atoms with Crippen LogP contribution in [0.25, 0.3) is 0 Å². The minimum atomic E-state index is -1.33. The first-order chi connectivity index (χ1) is 6.02. The lowest BCUT2D eigenvalue weighted by atomic mass is 10.2. The van der Waals surface area contributed by atoms with E-state index in [-0.39, 0.29) is 0 Å². The molecule has 6 heteroatoms. The van der Waals surface area contributed by atoms with E-state index in [0.29, 0.717) is 6.42 Å². The Morgan fingerprint density at radius 1 is 1.62 bits per heavy atom. The zero-order chi connectivity index (χ0) is 10.4. The molecule has 2 atom stereocenters. The molecule has 0 heterocycles. The first-order valence-corrected chi connectivity index (χ1v) is 3.84. The van der Waals surface area contributed by atoms with Gasteiger partial charge in [0.15, 0.2) is 0 Å². The van der Waals surface area contributed by atoms with Crippen LogP contribution in [0, 0.1) is 0 Å². The van der Waals surface area contributed by atoms with Gasteiger partial charge in [0.05, 0.1) is 6.04 Å². The van der Waals surface area contributed by atoms with Gasteiger partial charge < -0.3 is 20.9 Å². The Labute approximate surface area is 76.0 Å². The molecule has 0 saturated carbocycles. The molecule has 0 aromatic carbocycles. The topological polar surface area (TPSA) is 102 Å². The highest BCUT2D eigenvalue weighted by Crippen LogP contribution is 1.90. The second-order valence-electron chi connectivity index (χ2n) is 2.48. The summed E-state index contributed by atoms with van der Waals surface area (Å²) in [5, 5.41) is 10.6. The Balaban J connectivity index is 4.09. The highest BCUT2D eigenvalue weighted by molar-refractivity contribution is 5.85. The van der Waals surface area contributed by atoms with Crippen molar-refractivity contribution in [2.45, 2.75) is 25.6 Å². The summed E-state index contributed by atoms with van der Waals surface area (Å²) in [7, 11) is 1.19. The van der Waals surface area contributed by atoms with Crippen LogP contribution in [0.2, 0.25) is 0 Å². The van der Waals surface area contributed by atoms with Gasteiger partial charge >= 0.3 is 5.97 Å². The summed E-state index contributed by atoms with van der Waals surface area (Å²) < 4.78 is 4.49. The smallest absolute Gasteiger partial charge is 0.354 e. The van der Waals surface area contributed by atoms with Gasteiger partial charge in [0.1, 0.15) is 0 Å². The van der Waals surface area contributed by atoms with Crippen molar-refractivity contribution in [1.29, 1.82) is 0 Å². The van der Waals surface area contributed by atoms with Gasteiger partial charge in [-0.3, -0.25) is 4.79 Å². The molecule has 0 saturated heterocycles. The monoisotopic (exact) mass is 190 g/mol. The van der Waals surface area contributed by atoms with E-state index in [1.807, 2.05) is 0 Å². The average molecular weight is 190 g/mol. The number of aliphatic carboxylic acids is 1. The SMILES string of the molecule is CCC(N)C(=O)NC(OC)C(=O)O. The van der Waals surface area contributed by atoms with Crippen molar-refractivity contribution in [3.05, 3.63) is 0 Å². The molecule has 0 bridgehead atoms. The maximum Gasteiger partial charge on any atom is 0.354 e. The molecule has 2 unspecified atom stereocenters. The van der Waals surface area contributed by atoms with E-state index in [4.69, 9.17) is 10.8 Å². The van der Waals surface area contributed by atoms with Crippen LogP contribution in [0.4, 0.5) is 0 Å². The van der Waals surface area contributed by atoms with Crippen LogP contribution in [0.3, 0.4) is 0 Å². The Bertz CT molecular complexity index is 195. The van der Waals surface area contributed by atoms with Gasteiger partial charge in [-0.05, 0) is 6.42 Å². The quantitative estimate of drug-likeness (QED) is 0.477. The third-order valence-electron chi connectivity index (χ3n) is 1.51.